The van der Waals surface area contributed by atoms with Gasteiger partial charge in [0.1, 0.15) is 28.7 Å². The minimum absolute atomic E-state index is 0.0359. The first-order valence-electron chi connectivity index (χ1n) is 14.9. The van der Waals surface area contributed by atoms with Gasteiger partial charge in [-0.05, 0) is 59.2 Å². The molecule has 6 rings (SSSR count). The second-order valence-electron chi connectivity index (χ2n) is 13.2. The number of pyridine rings is 1. The molecule has 0 fully saturated rings. The van der Waals surface area contributed by atoms with Crippen LogP contribution in [0.25, 0.3) is 11.2 Å². The molecular weight excluding hydrogens is 590 g/mol. The lowest BCUT2D eigenvalue weighted by Crippen LogP contribution is -2.42. The summed E-state index contributed by atoms with van der Waals surface area (Å²) >= 11 is 0. The van der Waals surface area contributed by atoms with Gasteiger partial charge in [0.05, 0.1) is 23.2 Å². The van der Waals surface area contributed by atoms with Gasteiger partial charge in [0, 0.05) is 42.2 Å². The number of benzene rings is 1. The number of rotatable bonds is 3. The summed E-state index contributed by atoms with van der Waals surface area (Å²) in [5, 5.41) is 8.37. The van der Waals surface area contributed by atoms with Gasteiger partial charge in [0.25, 0.3) is 11.8 Å². The molecule has 5 heterocycles. The lowest BCUT2D eigenvalue weighted by molar-refractivity contribution is -0.123. The fourth-order valence-corrected chi connectivity index (χ4v) is 5.87. The van der Waals surface area contributed by atoms with E-state index in [1.54, 1.807) is 64.5 Å². The third-order valence-electron chi connectivity index (χ3n) is 7.47. The Morgan fingerprint density at radius 1 is 0.978 bits per heavy atom. The number of fused-ring (bicyclic) bond motifs is 1. The van der Waals surface area contributed by atoms with E-state index in [1.807, 2.05) is 47.5 Å². The predicted octanol–water partition coefficient (Wildman–Crippen LogP) is 4.32. The molecule has 3 aliphatic heterocycles. The third kappa shape index (κ3) is 5.83. The van der Waals surface area contributed by atoms with Crippen molar-refractivity contribution in [3.05, 3.63) is 83.6 Å². The highest BCUT2D eigenvalue weighted by atomic mass is 16.6. The number of alkyl carbamates (subject to hydrolysis) is 1. The van der Waals surface area contributed by atoms with Crippen molar-refractivity contribution < 1.29 is 28.7 Å². The van der Waals surface area contributed by atoms with Gasteiger partial charge in [-0.25, -0.2) is 14.6 Å². The number of carbonyl (C=O) groups excluding carboxylic acids is 4. The Hall–Kier alpha value is -5.46. The molecule has 2 atom stereocenters. The normalized spacial score (nSPS) is 19.5. The lowest BCUT2D eigenvalue weighted by Gasteiger charge is -2.25. The average Bonchev–Trinajstić information content (AvgIpc) is 3.56. The number of aromatic nitrogens is 2. The number of nitrogens with one attached hydrogen (secondary N) is 3. The molecule has 3 aliphatic rings. The maximum atomic E-state index is 13.4. The van der Waals surface area contributed by atoms with Gasteiger partial charge >= 0.3 is 12.2 Å². The Bertz CT molecular complexity index is 1870. The molecule has 46 heavy (non-hydrogen) atoms. The first kappa shape index (κ1) is 30.6. The van der Waals surface area contributed by atoms with Gasteiger partial charge in [0.2, 0.25) is 0 Å². The van der Waals surface area contributed by atoms with E-state index in [9.17, 15) is 19.2 Å². The van der Waals surface area contributed by atoms with Crippen LogP contribution in [0.3, 0.4) is 0 Å². The molecule has 0 bridgehead atoms. The van der Waals surface area contributed by atoms with Crippen molar-refractivity contribution in [2.75, 3.05) is 11.4 Å². The van der Waals surface area contributed by atoms with Crippen LogP contribution in [0.1, 0.15) is 70.3 Å². The minimum Gasteiger partial charge on any atom is -0.444 e. The van der Waals surface area contributed by atoms with Crippen molar-refractivity contribution in [1.82, 2.24) is 25.3 Å². The van der Waals surface area contributed by atoms with E-state index in [-0.39, 0.29) is 11.4 Å². The van der Waals surface area contributed by atoms with E-state index in [0.717, 1.165) is 11.3 Å². The van der Waals surface area contributed by atoms with Crippen molar-refractivity contribution >= 4 is 46.7 Å². The number of para-hydroxylation sites is 1. The number of amides is 4. The topological polar surface area (TPSA) is 156 Å². The molecule has 3 aromatic rings. The van der Waals surface area contributed by atoms with Crippen molar-refractivity contribution in [2.45, 2.75) is 64.7 Å². The SMILES string of the molecule is CC(C)(C)OC(=O)N=C(NC(=O)OC(C)(C)C)C1NC=CN2CC(C3=C(c4cnc5ccccn45)C(=O)NC3=O)c3cccc1c32. The summed E-state index contributed by atoms with van der Waals surface area (Å²) in [6.45, 7) is 10.7. The molecule has 13 nitrogen and oxygen atoms in total. The van der Waals surface area contributed by atoms with Crippen LogP contribution in [-0.2, 0) is 19.1 Å². The molecule has 238 valence electrons. The molecule has 0 saturated carbocycles. The number of carbonyl (C=O) groups is 4. The second-order valence-corrected chi connectivity index (χ2v) is 13.2. The van der Waals surface area contributed by atoms with Gasteiger partial charge in [-0.3, -0.25) is 24.6 Å². The van der Waals surface area contributed by atoms with Gasteiger partial charge in [-0.2, -0.15) is 4.99 Å². The van der Waals surface area contributed by atoms with Crippen LogP contribution in [0.4, 0.5) is 15.3 Å². The van der Waals surface area contributed by atoms with Crippen molar-refractivity contribution in [2.24, 2.45) is 4.99 Å². The van der Waals surface area contributed by atoms with Crippen LogP contribution >= 0.6 is 0 Å². The molecule has 13 heteroatoms. The van der Waals surface area contributed by atoms with Gasteiger partial charge < -0.3 is 19.7 Å². The maximum absolute atomic E-state index is 13.4. The number of hydrogen-bond donors (Lipinski definition) is 3. The Balaban J connectivity index is 1.45. The van der Waals surface area contributed by atoms with Gasteiger partial charge in [-0.1, -0.05) is 24.3 Å². The molecule has 0 aliphatic carbocycles. The number of anilines is 1. The smallest absolute Gasteiger partial charge is 0.435 e. The molecule has 1 aromatic carbocycles. The number of amidine groups is 1. The molecule has 2 aromatic heterocycles. The standard InChI is InChI=1S/C33H35N7O6/c1-32(2,3)45-30(43)36-27(37-31(44)46-33(4,5)6)25-19-11-9-10-18-20(17-39(26(18)19)15-13-34-25)23-24(29(42)38-28(23)41)21-16-35-22-12-7-8-14-40(21)22/h7-16,20,25,34H,17H2,1-6H3,(H,38,41,42)(H,36,37,43,44). The van der Waals surface area contributed by atoms with E-state index < -0.39 is 47.2 Å². The summed E-state index contributed by atoms with van der Waals surface area (Å²) < 4.78 is 12.7. The maximum Gasteiger partial charge on any atom is 0.435 e. The predicted molar refractivity (Wildman–Crippen MR) is 170 cm³/mol. The first-order chi connectivity index (χ1) is 21.7. The Morgan fingerprint density at radius 3 is 2.46 bits per heavy atom. The fraction of sp³-hybridized carbons (Fsp3) is 0.333. The number of imidazole rings is 1. The van der Waals surface area contributed by atoms with E-state index in [4.69, 9.17) is 9.47 Å². The second kappa shape index (κ2) is 11.2. The summed E-state index contributed by atoms with van der Waals surface area (Å²) in [5.74, 6) is -1.48. The van der Waals surface area contributed by atoms with Crippen LogP contribution < -0.4 is 20.9 Å². The number of nitrogens with zero attached hydrogens (tertiary/aromatic N) is 4. The van der Waals surface area contributed by atoms with Gasteiger partial charge in [0.15, 0.2) is 0 Å². The van der Waals surface area contributed by atoms with Crippen molar-refractivity contribution in [3.8, 4) is 0 Å². The lowest BCUT2D eigenvalue weighted by atomic mass is 9.87. The monoisotopic (exact) mass is 625 g/mol. The fourth-order valence-electron chi connectivity index (χ4n) is 5.87. The Morgan fingerprint density at radius 2 is 1.72 bits per heavy atom. The number of imide groups is 1. The average molecular weight is 626 g/mol. The van der Waals surface area contributed by atoms with Gasteiger partial charge in [-0.15, -0.1) is 0 Å². The van der Waals surface area contributed by atoms with Crippen LogP contribution in [0.5, 0.6) is 0 Å². The zero-order valence-corrected chi connectivity index (χ0v) is 26.4. The number of ether oxygens (including phenoxy) is 2. The Labute approximate surface area is 265 Å². The summed E-state index contributed by atoms with van der Waals surface area (Å²) in [6, 6.07) is 10.3. The molecule has 3 N–H and O–H groups in total. The van der Waals surface area contributed by atoms with Crippen LogP contribution in [0, 0.1) is 0 Å². The summed E-state index contributed by atoms with van der Waals surface area (Å²) in [5.41, 5.74) is 2.35. The minimum atomic E-state index is -0.889. The van der Waals surface area contributed by atoms with Crippen LogP contribution in [-0.4, -0.2) is 57.0 Å². The number of hydrogen-bond acceptors (Lipinski definition) is 9. The number of aliphatic imine (C=N–C) groups is 1. The third-order valence-corrected chi connectivity index (χ3v) is 7.47. The highest BCUT2D eigenvalue weighted by molar-refractivity contribution is 6.36. The zero-order valence-electron chi connectivity index (χ0n) is 26.4. The van der Waals surface area contributed by atoms with Crippen LogP contribution in [0.2, 0.25) is 0 Å². The molecular formula is C33H35N7O6. The quantitative estimate of drug-likeness (QED) is 0.219. The van der Waals surface area contributed by atoms with Crippen molar-refractivity contribution in [3.63, 3.8) is 0 Å². The summed E-state index contributed by atoms with van der Waals surface area (Å²) in [4.78, 5) is 63.1. The van der Waals surface area contributed by atoms with Crippen LogP contribution in [0.15, 0.2) is 71.8 Å². The van der Waals surface area contributed by atoms with E-state index in [0.29, 0.717) is 29.0 Å². The Kier molecular flexibility index (Phi) is 7.42. The molecule has 4 amide bonds. The zero-order chi connectivity index (χ0) is 33.0. The molecule has 0 spiro atoms. The molecule has 0 radical (unpaired) electrons. The summed E-state index contributed by atoms with van der Waals surface area (Å²) in [6.07, 6.45) is 5.20. The molecule has 2 unspecified atom stereocenters. The van der Waals surface area contributed by atoms with E-state index in [1.165, 1.54) is 0 Å². The molecule has 0 saturated heterocycles. The van der Waals surface area contributed by atoms with Crippen molar-refractivity contribution in [1.29, 1.82) is 0 Å². The largest absolute Gasteiger partial charge is 0.444 e. The first-order valence-corrected chi connectivity index (χ1v) is 14.9. The van der Waals surface area contributed by atoms with E-state index in [2.05, 4.69) is 25.9 Å². The summed E-state index contributed by atoms with van der Waals surface area (Å²) in [7, 11) is 0. The highest BCUT2D eigenvalue weighted by Crippen LogP contribution is 2.47. The highest BCUT2D eigenvalue weighted by Gasteiger charge is 2.44. The van der Waals surface area contributed by atoms with E-state index >= 15 is 0 Å².